The summed E-state index contributed by atoms with van der Waals surface area (Å²) in [5.74, 6) is 0.143. The molecule has 1 aliphatic rings. The molecule has 1 fully saturated rings. The van der Waals surface area contributed by atoms with E-state index in [-0.39, 0.29) is 11.8 Å². The lowest BCUT2D eigenvalue weighted by atomic mass is 9.89. The van der Waals surface area contributed by atoms with Gasteiger partial charge < -0.3 is 5.32 Å². The average molecular weight is 356 g/mol. The Morgan fingerprint density at radius 1 is 1.18 bits per heavy atom. The van der Waals surface area contributed by atoms with E-state index in [1.54, 1.807) is 18.2 Å². The standard InChI is InChI=1S/C15H15Cl2N3OS/c16-10-6-7-11(12(17)8-10)14-19-20-15(22-14)18-13(21)9-4-2-1-3-5-9/h6-9H,1-5H2,(H,18,20,21). The van der Waals surface area contributed by atoms with E-state index in [2.05, 4.69) is 15.5 Å². The highest BCUT2D eigenvalue weighted by Crippen LogP contribution is 2.34. The molecule has 4 nitrogen and oxygen atoms in total. The Balaban J connectivity index is 1.72. The molecule has 1 aromatic carbocycles. The molecule has 0 radical (unpaired) electrons. The molecule has 1 amide bonds. The van der Waals surface area contributed by atoms with E-state index in [9.17, 15) is 4.79 Å². The third kappa shape index (κ3) is 3.59. The van der Waals surface area contributed by atoms with Gasteiger partial charge in [-0.15, -0.1) is 10.2 Å². The zero-order chi connectivity index (χ0) is 15.5. The Kier molecular flexibility index (Phi) is 4.96. The minimum Gasteiger partial charge on any atom is -0.300 e. The van der Waals surface area contributed by atoms with Crippen molar-refractivity contribution in [3.8, 4) is 10.6 Å². The van der Waals surface area contributed by atoms with E-state index in [1.807, 2.05) is 0 Å². The topological polar surface area (TPSA) is 54.9 Å². The molecule has 0 saturated heterocycles. The summed E-state index contributed by atoms with van der Waals surface area (Å²) in [5.41, 5.74) is 0.765. The molecule has 0 bridgehead atoms. The molecule has 0 atom stereocenters. The van der Waals surface area contributed by atoms with Crippen LogP contribution in [0.25, 0.3) is 10.6 Å². The van der Waals surface area contributed by atoms with Gasteiger partial charge in [-0.05, 0) is 31.0 Å². The summed E-state index contributed by atoms with van der Waals surface area (Å²) in [4.78, 5) is 12.2. The van der Waals surface area contributed by atoms with Crippen LogP contribution in [-0.2, 0) is 4.79 Å². The van der Waals surface area contributed by atoms with Crippen LogP contribution in [-0.4, -0.2) is 16.1 Å². The van der Waals surface area contributed by atoms with E-state index in [4.69, 9.17) is 23.2 Å². The van der Waals surface area contributed by atoms with Crippen LogP contribution in [0.2, 0.25) is 10.0 Å². The lowest BCUT2D eigenvalue weighted by Gasteiger charge is -2.19. The van der Waals surface area contributed by atoms with Gasteiger partial charge in [0.1, 0.15) is 0 Å². The van der Waals surface area contributed by atoms with Crippen LogP contribution >= 0.6 is 34.5 Å². The van der Waals surface area contributed by atoms with Gasteiger partial charge in [0.2, 0.25) is 11.0 Å². The summed E-state index contributed by atoms with van der Waals surface area (Å²) in [6, 6.07) is 5.22. The summed E-state index contributed by atoms with van der Waals surface area (Å²) in [6.07, 6.45) is 5.39. The van der Waals surface area contributed by atoms with Crippen molar-refractivity contribution >= 4 is 45.6 Å². The maximum Gasteiger partial charge on any atom is 0.229 e. The molecule has 1 N–H and O–H groups in total. The number of rotatable bonds is 3. The number of hydrogen-bond acceptors (Lipinski definition) is 4. The van der Waals surface area contributed by atoms with Crippen LogP contribution < -0.4 is 5.32 Å². The number of benzene rings is 1. The highest BCUT2D eigenvalue weighted by atomic mass is 35.5. The first kappa shape index (κ1) is 15.7. The number of carbonyl (C=O) groups excluding carboxylic acids is 1. The predicted octanol–water partition coefficient (Wildman–Crippen LogP) is 5.03. The van der Waals surface area contributed by atoms with E-state index in [0.717, 1.165) is 31.2 Å². The van der Waals surface area contributed by atoms with Crippen LogP contribution in [0.1, 0.15) is 32.1 Å². The molecule has 0 aliphatic heterocycles. The van der Waals surface area contributed by atoms with E-state index in [0.29, 0.717) is 20.2 Å². The van der Waals surface area contributed by atoms with Crippen molar-refractivity contribution in [2.45, 2.75) is 32.1 Å². The van der Waals surface area contributed by atoms with Crippen LogP contribution in [0.5, 0.6) is 0 Å². The molecule has 1 aliphatic carbocycles. The monoisotopic (exact) mass is 355 g/mol. The molecule has 1 heterocycles. The summed E-state index contributed by atoms with van der Waals surface area (Å²) in [7, 11) is 0. The molecule has 3 rings (SSSR count). The lowest BCUT2D eigenvalue weighted by molar-refractivity contribution is -0.120. The van der Waals surface area contributed by atoms with Crippen molar-refractivity contribution in [3.63, 3.8) is 0 Å². The largest absolute Gasteiger partial charge is 0.300 e. The molecule has 1 aromatic heterocycles. The van der Waals surface area contributed by atoms with Crippen molar-refractivity contribution in [1.82, 2.24) is 10.2 Å². The minimum absolute atomic E-state index is 0.0459. The molecule has 0 unspecified atom stereocenters. The second-order valence-electron chi connectivity index (χ2n) is 5.36. The molecule has 0 spiro atoms. The van der Waals surface area contributed by atoms with Gasteiger partial charge in [0.05, 0.1) is 5.02 Å². The zero-order valence-corrected chi connectivity index (χ0v) is 14.1. The summed E-state index contributed by atoms with van der Waals surface area (Å²) in [6.45, 7) is 0. The van der Waals surface area contributed by atoms with Gasteiger partial charge in [0.25, 0.3) is 0 Å². The Labute approximate surface area is 142 Å². The summed E-state index contributed by atoms with van der Waals surface area (Å²) in [5, 5.41) is 13.3. The van der Waals surface area contributed by atoms with Crippen molar-refractivity contribution < 1.29 is 4.79 Å². The molecule has 7 heteroatoms. The molecule has 1 saturated carbocycles. The highest BCUT2D eigenvalue weighted by molar-refractivity contribution is 7.18. The number of amides is 1. The summed E-state index contributed by atoms with van der Waals surface area (Å²) >= 11 is 13.4. The smallest absolute Gasteiger partial charge is 0.229 e. The first-order valence-corrected chi connectivity index (χ1v) is 8.80. The van der Waals surface area contributed by atoms with Crippen molar-refractivity contribution in [3.05, 3.63) is 28.2 Å². The van der Waals surface area contributed by atoms with Crippen LogP contribution in [0.4, 0.5) is 5.13 Å². The first-order chi connectivity index (χ1) is 10.6. The lowest BCUT2D eigenvalue weighted by Crippen LogP contribution is -2.24. The van der Waals surface area contributed by atoms with Gasteiger partial charge in [0.15, 0.2) is 5.01 Å². The first-order valence-electron chi connectivity index (χ1n) is 7.23. The van der Waals surface area contributed by atoms with Gasteiger partial charge in [-0.25, -0.2) is 0 Å². The Bertz CT molecular complexity index is 683. The normalized spacial score (nSPS) is 15.7. The Morgan fingerprint density at radius 2 is 1.95 bits per heavy atom. The van der Waals surface area contributed by atoms with Gasteiger partial charge in [0, 0.05) is 16.5 Å². The number of aromatic nitrogens is 2. The fraction of sp³-hybridized carbons (Fsp3) is 0.400. The van der Waals surface area contributed by atoms with Crippen molar-refractivity contribution in [2.75, 3.05) is 5.32 Å². The Morgan fingerprint density at radius 3 is 2.68 bits per heavy atom. The van der Waals surface area contributed by atoms with Crippen molar-refractivity contribution in [2.24, 2.45) is 5.92 Å². The van der Waals surface area contributed by atoms with Gasteiger partial charge in [-0.3, -0.25) is 4.79 Å². The average Bonchev–Trinajstić information content (AvgIpc) is 2.96. The molecule has 116 valence electrons. The molecular formula is C15H15Cl2N3OS. The van der Waals surface area contributed by atoms with Crippen LogP contribution in [0.15, 0.2) is 18.2 Å². The zero-order valence-electron chi connectivity index (χ0n) is 11.8. The SMILES string of the molecule is O=C(Nc1nnc(-c2ccc(Cl)cc2Cl)s1)C1CCCCC1. The molecular weight excluding hydrogens is 341 g/mol. The quantitative estimate of drug-likeness (QED) is 0.839. The maximum atomic E-state index is 12.2. The summed E-state index contributed by atoms with van der Waals surface area (Å²) < 4.78 is 0. The van der Waals surface area contributed by atoms with Gasteiger partial charge >= 0.3 is 0 Å². The van der Waals surface area contributed by atoms with Gasteiger partial charge in [-0.2, -0.15) is 0 Å². The van der Waals surface area contributed by atoms with E-state index >= 15 is 0 Å². The number of hydrogen-bond donors (Lipinski definition) is 1. The van der Waals surface area contributed by atoms with E-state index < -0.39 is 0 Å². The number of anilines is 1. The molecule has 2 aromatic rings. The fourth-order valence-corrected chi connectivity index (χ4v) is 3.96. The third-order valence-electron chi connectivity index (χ3n) is 3.79. The molecule has 22 heavy (non-hydrogen) atoms. The van der Waals surface area contributed by atoms with E-state index in [1.165, 1.54) is 17.8 Å². The second-order valence-corrected chi connectivity index (χ2v) is 7.18. The number of nitrogens with one attached hydrogen (secondary N) is 1. The number of carbonyl (C=O) groups is 1. The third-order valence-corrected chi connectivity index (χ3v) is 5.21. The number of halogens is 2. The maximum absolute atomic E-state index is 12.2. The van der Waals surface area contributed by atoms with Crippen LogP contribution in [0, 0.1) is 5.92 Å². The highest BCUT2D eigenvalue weighted by Gasteiger charge is 2.22. The predicted molar refractivity (Wildman–Crippen MR) is 90.6 cm³/mol. The minimum atomic E-state index is 0.0459. The van der Waals surface area contributed by atoms with Gasteiger partial charge in [-0.1, -0.05) is 53.8 Å². The fourth-order valence-electron chi connectivity index (χ4n) is 2.62. The van der Waals surface area contributed by atoms with Crippen molar-refractivity contribution in [1.29, 1.82) is 0 Å². The number of nitrogens with zero attached hydrogens (tertiary/aromatic N) is 2. The second kappa shape index (κ2) is 6.94. The van der Waals surface area contributed by atoms with Crippen LogP contribution in [0.3, 0.4) is 0 Å². The Hall–Kier alpha value is -1.17.